The molecule has 14 heavy (non-hydrogen) atoms. The molecule has 0 radical (unpaired) electrons. The number of carbonyl (C=O) groups excluding carboxylic acids is 1. The van der Waals surface area contributed by atoms with E-state index in [1.54, 1.807) is 0 Å². The number of aliphatic hydroxyl groups excluding tert-OH is 1. The Balaban J connectivity index is 2.27. The summed E-state index contributed by atoms with van der Waals surface area (Å²) >= 11 is 0. The van der Waals surface area contributed by atoms with Gasteiger partial charge in [0.2, 0.25) is 0 Å². The van der Waals surface area contributed by atoms with Crippen LogP contribution in [0.4, 0.5) is 0 Å². The summed E-state index contributed by atoms with van der Waals surface area (Å²) in [5.74, 6) is 0. The van der Waals surface area contributed by atoms with Gasteiger partial charge >= 0.3 is 0 Å². The first-order valence-electron chi connectivity index (χ1n) is 5.15. The summed E-state index contributed by atoms with van der Waals surface area (Å²) < 4.78 is 5.71. The maximum absolute atomic E-state index is 10.2. The van der Waals surface area contributed by atoms with Crippen molar-refractivity contribution in [1.82, 2.24) is 0 Å². The molecule has 0 aliphatic carbocycles. The van der Waals surface area contributed by atoms with E-state index in [2.05, 4.69) is 6.58 Å². The number of rotatable bonds is 6. The summed E-state index contributed by atoms with van der Waals surface area (Å²) in [6.07, 6.45) is 5.00. The number of hydrogen-bond donors (Lipinski definition) is 1. The van der Waals surface area contributed by atoms with Crippen LogP contribution in [0.2, 0.25) is 0 Å². The van der Waals surface area contributed by atoms with E-state index in [4.69, 9.17) is 9.84 Å². The van der Waals surface area contributed by atoms with Gasteiger partial charge in [0.1, 0.15) is 6.29 Å². The van der Waals surface area contributed by atoms with Crippen molar-refractivity contribution >= 4 is 6.29 Å². The van der Waals surface area contributed by atoms with Crippen LogP contribution < -0.4 is 0 Å². The second-order valence-corrected chi connectivity index (χ2v) is 3.72. The van der Waals surface area contributed by atoms with Crippen molar-refractivity contribution < 1.29 is 14.6 Å². The Morgan fingerprint density at radius 1 is 1.57 bits per heavy atom. The molecule has 2 atom stereocenters. The molecule has 0 spiro atoms. The normalized spacial score (nSPS) is 26.8. The number of hydrogen-bond acceptors (Lipinski definition) is 3. The molecular formula is C11H18O3. The van der Waals surface area contributed by atoms with E-state index >= 15 is 0 Å². The molecule has 1 aliphatic heterocycles. The molecule has 1 fully saturated rings. The van der Waals surface area contributed by atoms with Gasteiger partial charge in [-0.3, -0.25) is 0 Å². The van der Waals surface area contributed by atoms with E-state index < -0.39 is 0 Å². The molecule has 0 amide bonds. The second kappa shape index (κ2) is 5.94. The lowest BCUT2D eigenvalue weighted by Crippen LogP contribution is -2.11. The molecule has 80 valence electrons. The monoisotopic (exact) mass is 198 g/mol. The fourth-order valence-electron chi connectivity index (χ4n) is 1.78. The minimum Gasteiger partial charge on any atom is -0.396 e. The molecule has 0 aromatic heterocycles. The van der Waals surface area contributed by atoms with Gasteiger partial charge in [-0.2, -0.15) is 0 Å². The third-order valence-electron chi connectivity index (χ3n) is 2.53. The van der Waals surface area contributed by atoms with Crippen LogP contribution in [0.3, 0.4) is 0 Å². The highest BCUT2D eigenvalue weighted by Gasteiger charge is 2.27. The number of aliphatic hydroxyl groups is 1. The first-order valence-corrected chi connectivity index (χ1v) is 5.15. The van der Waals surface area contributed by atoms with Gasteiger partial charge in [-0.15, -0.1) is 0 Å². The number of ether oxygens (including phenoxy) is 1. The fraction of sp³-hybridized carbons (Fsp3) is 0.727. The molecule has 1 heterocycles. The Morgan fingerprint density at radius 2 is 2.36 bits per heavy atom. The second-order valence-electron chi connectivity index (χ2n) is 3.72. The molecule has 0 unspecified atom stereocenters. The standard InChI is InChI=1S/C11H18O3/c1-9-8-10(4-2-6-12)14-11(9)5-3-7-13/h7,10-12H,1-6,8H2/t10-,11-/m0/s1. The molecule has 1 rings (SSSR count). The van der Waals surface area contributed by atoms with Gasteiger partial charge in [0.05, 0.1) is 12.2 Å². The first-order chi connectivity index (χ1) is 6.77. The Labute approximate surface area is 84.8 Å². The van der Waals surface area contributed by atoms with Crippen LogP contribution in [-0.2, 0) is 9.53 Å². The highest BCUT2D eigenvalue weighted by Crippen LogP contribution is 2.29. The van der Waals surface area contributed by atoms with E-state index in [0.29, 0.717) is 6.42 Å². The minimum atomic E-state index is 0.0592. The molecule has 3 heteroatoms. The van der Waals surface area contributed by atoms with E-state index in [1.165, 1.54) is 0 Å². The SMILES string of the molecule is C=C1C[C@H](CCCO)O[C@H]1CCC=O. The molecule has 1 aliphatic rings. The lowest BCUT2D eigenvalue weighted by atomic mass is 10.0. The zero-order valence-electron chi connectivity index (χ0n) is 8.45. The molecule has 1 saturated heterocycles. The van der Waals surface area contributed by atoms with Crippen molar-refractivity contribution in [2.24, 2.45) is 0 Å². The molecule has 0 aromatic rings. The van der Waals surface area contributed by atoms with Gasteiger partial charge in [0, 0.05) is 13.0 Å². The minimum absolute atomic E-state index is 0.0592. The lowest BCUT2D eigenvalue weighted by Gasteiger charge is -2.11. The van der Waals surface area contributed by atoms with Crippen LogP contribution in [0.5, 0.6) is 0 Å². The van der Waals surface area contributed by atoms with Crippen LogP contribution >= 0.6 is 0 Å². The summed E-state index contributed by atoms with van der Waals surface area (Å²) in [5.41, 5.74) is 1.09. The van der Waals surface area contributed by atoms with Crippen molar-refractivity contribution in [3.8, 4) is 0 Å². The lowest BCUT2D eigenvalue weighted by molar-refractivity contribution is -0.108. The highest BCUT2D eigenvalue weighted by molar-refractivity contribution is 5.49. The molecule has 0 aromatic carbocycles. The van der Waals surface area contributed by atoms with E-state index in [1.807, 2.05) is 0 Å². The van der Waals surface area contributed by atoms with Crippen LogP contribution in [0.25, 0.3) is 0 Å². The topological polar surface area (TPSA) is 46.5 Å². The van der Waals surface area contributed by atoms with Crippen LogP contribution in [-0.4, -0.2) is 30.2 Å². The van der Waals surface area contributed by atoms with Gasteiger partial charge < -0.3 is 14.6 Å². The van der Waals surface area contributed by atoms with Gasteiger partial charge in [-0.05, 0) is 31.3 Å². The average molecular weight is 198 g/mol. The van der Waals surface area contributed by atoms with Crippen LogP contribution in [0.1, 0.15) is 32.1 Å². The maximum atomic E-state index is 10.2. The van der Waals surface area contributed by atoms with Crippen molar-refractivity contribution in [3.63, 3.8) is 0 Å². The zero-order valence-corrected chi connectivity index (χ0v) is 8.45. The predicted octanol–water partition coefficient (Wildman–Crippen LogP) is 1.45. The Morgan fingerprint density at radius 3 is 3.00 bits per heavy atom. The summed E-state index contributed by atoms with van der Waals surface area (Å²) in [7, 11) is 0. The van der Waals surface area contributed by atoms with E-state index in [-0.39, 0.29) is 18.8 Å². The third kappa shape index (κ3) is 3.24. The summed E-state index contributed by atoms with van der Waals surface area (Å²) in [6.45, 7) is 4.16. The molecule has 1 N–H and O–H groups in total. The molecular weight excluding hydrogens is 180 g/mol. The predicted molar refractivity (Wildman–Crippen MR) is 54.0 cm³/mol. The summed E-state index contributed by atoms with van der Waals surface area (Å²) in [4.78, 5) is 10.2. The Bertz CT molecular complexity index is 201. The third-order valence-corrected chi connectivity index (χ3v) is 2.53. The zero-order chi connectivity index (χ0) is 10.4. The number of aldehydes is 1. The smallest absolute Gasteiger partial charge is 0.120 e. The first kappa shape index (κ1) is 11.4. The van der Waals surface area contributed by atoms with Crippen molar-refractivity contribution in [1.29, 1.82) is 0 Å². The largest absolute Gasteiger partial charge is 0.396 e. The Hall–Kier alpha value is -0.670. The van der Waals surface area contributed by atoms with Gasteiger partial charge in [0.25, 0.3) is 0 Å². The van der Waals surface area contributed by atoms with Crippen LogP contribution in [0.15, 0.2) is 12.2 Å². The van der Waals surface area contributed by atoms with Crippen molar-refractivity contribution in [2.75, 3.05) is 6.61 Å². The highest BCUT2D eigenvalue weighted by atomic mass is 16.5. The van der Waals surface area contributed by atoms with Gasteiger partial charge in [-0.25, -0.2) is 0 Å². The average Bonchev–Trinajstić information content (AvgIpc) is 2.53. The number of carbonyl (C=O) groups is 1. The maximum Gasteiger partial charge on any atom is 0.120 e. The summed E-state index contributed by atoms with van der Waals surface area (Å²) in [6, 6.07) is 0. The molecule has 0 saturated carbocycles. The van der Waals surface area contributed by atoms with Crippen molar-refractivity contribution in [2.45, 2.75) is 44.3 Å². The van der Waals surface area contributed by atoms with Crippen molar-refractivity contribution in [3.05, 3.63) is 12.2 Å². The Kier molecular flexibility index (Phi) is 4.84. The fourth-order valence-corrected chi connectivity index (χ4v) is 1.78. The van der Waals surface area contributed by atoms with Gasteiger partial charge in [-0.1, -0.05) is 6.58 Å². The van der Waals surface area contributed by atoms with E-state index in [0.717, 1.165) is 37.5 Å². The molecule has 0 bridgehead atoms. The summed E-state index contributed by atoms with van der Waals surface area (Å²) in [5, 5.41) is 8.68. The van der Waals surface area contributed by atoms with E-state index in [9.17, 15) is 4.79 Å². The van der Waals surface area contributed by atoms with Gasteiger partial charge in [0.15, 0.2) is 0 Å². The van der Waals surface area contributed by atoms with Crippen LogP contribution in [0, 0.1) is 0 Å². The quantitative estimate of drug-likeness (QED) is 0.519. The molecule has 3 nitrogen and oxygen atoms in total.